The highest BCUT2D eigenvalue weighted by Crippen LogP contribution is 2.21. The van der Waals surface area contributed by atoms with Gasteiger partial charge in [0.15, 0.2) is 11.0 Å². The van der Waals surface area contributed by atoms with Crippen molar-refractivity contribution in [1.29, 1.82) is 0 Å². The van der Waals surface area contributed by atoms with Crippen LogP contribution in [0, 0.1) is 0 Å². The number of aromatic nitrogens is 4. The van der Waals surface area contributed by atoms with Gasteiger partial charge in [0.25, 0.3) is 5.91 Å². The zero-order valence-electron chi connectivity index (χ0n) is 11.1. The van der Waals surface area contributed by atoms with Crippen LogP contribution in [0.3, 0.4) is 0 Å². The van der Waals surface area contributed by atoms with Crippen LogP contribution in [-0.4, -0.2) is 25.7 Å². The third-order valence-corrected chi connectivity index (χ3v) is 3.52. The molecule has 8 heteroatoms. The number of amides is 1. The molecule has 0 saturated heterocycles. The van der Waals surface area contributed by atoms with Crippen LogP contribution < -0.4 is 11.1 Å². The SMILES string of the molecule is Cn1cnnc1-c1cccc(NC(=O)c2csc(N)n2)c1. The number of anilines is 2. The minimum absolute atomic E-state index is 0.293. The van der Waals surface area contributed by atoms with Gasteiger partial charge >= 0.3 is 0 Å². The summed E-state index contributed by atoms with van der Waals surface area (Å²) in [7, 11) is 1.86. The Morgan fingerprint density at radius 2 is 2.29 bits per heavy atom. The van der Waals surface area contributed by atoms with Gasteiger partial charge in [-0.1, -0.05) is 12.1 Å². The normalized spacial score (nSPS) is 10.5. The van der Waals surface area contributed by atoms with Crippen LogP contribution in [0.15, 0.2) is 36.0 Å². The fraction of sp³-hybridized carbons (Fsp3) is 0.0769. The molecule has 2 aromatic heterocycles. The molecule has 0 fully saturated rings. The summed E-state index contributed by atoms with van der Waals surface area (Å²) in [5, 5.41) is 12.7. The fourth-order valence-electron chi connectivity index (χ4n) is 1.87. The molecule has 3 aromatic rings. The molecule has 1 amide bonds. The maximum Gasteiger partial charge on any atom is 0.275 e. The Morgan fingerprint density at radius 1 is 1.43 bits per heavy atom. The number of hydrogen-bond donors (Lipinski definition) is 2. The molecule has 0 bridgehead atoms. The van der Waals surface area contributed by atoms with Crippen LogP contribution in [0.25, 0.3) is 11.4 Å². The quantitative estimate of drug-likeness (QED) is 0.768. The lowest BCUT2D eigenvalue weighted by Gasteiger charge is -2.06. The van der Waals surface area contributed by atoms with Crippen molar-refractivity contribution in [2.45, 2.75) is 0 Å². The van der Waals surface area contributed by atoms with E-state index in [-0.39, 0.29) is 5.91 Å². The monoisotopic (exact) mass is 300 g/mol. The lowest BCUT2D eigenvalue weighted by molar-refractivity contribution is 0.102. The van der Waals surface area contributed by atoms with Crippen molar-refractivity contribution in [3.63, 3.8) is 0 Å². The third kappa shape index (κ3) is 2.75. The van der Waals surface area contributed by atoms with Gasteiger partial charge in [0.05, 0.1) is 0 Å². The van der Waals surface area contributed by atoms with E-state index in [1.54, 1.807) is 17.8 Å². The summed E-state index contributed by atoms with van der Waals surface area (Å²) in [5.74, 6) is 0.432. The number of nitrogen functional groups attached to an aromatic ring is 1. The number of carbonyl (C=O) groups excluding carboxylic acids is 1. The highest BCUT2D eigenvalue weighted by molar-refractivity contribution is 7.13. The summed E-state index contributed by atoms with van der Waals surface area (Å²) < 4.78 is 1.81. The highest BCUT2D eigenvalue weighted by Gasteiger charge is 2.11. The minimum Gasteiger partial charge on any atom is -0.375 e. The lowest BCUT2D eigenvalue weighted by atomic mass is 10.2. The molecule has 3 N–H and O–H groups in total. The first-order chi connectivity index (χ1) is 10.1. The fourth-order valence-corrected chi connectivity index (χ4v) is 2.41. The molecule has 3 rings (SSSR count). The number of benzene rings is 1. The van der Waals surface area contributed by atoms with Crippen LogP contribution >= 0.6 is 11.3 Å². The Labute approximate surface area is 124 Å². The van der Waals surface area contributed by atoms with Gasteiger partial charge in [0.1, 0.15) is 12.0 Å². The summed E-state index contributed by atoms with van der Waals surface area (Å²) in [5.41, 5.74) is 7.36. The molecule has 0 aliphatic heterocycles. The van der Waals surface area contributed by atoms with Gasteiger partial charge < -0.3 is 15.6 Å². The van der Waals surface area contributed by atoms with Gasteiger partial charge in [-0.2, -0.15) is 0 Å². The molecular formula is C13H12N6OS. The molecule has 106 valence electrons. The van der Waals surface area contributed by atoms with Crippen molar-refractivity contribution in [1.82, 2.24) is 19.7 Å². The first-order valence-corrected chi connectivity index (χ1v) is 6.98. The standard InChI is InChI=1S/C13H12N6OS/c1-19-7-15-18-11(19)8-3-2-4-9(5-8)16-12(20)10-6-21-13(14)17-10/h2-7H,1H3,(H2,14,17)(H,16,20). The molecule has 21 heavy (non-hydrogen) atoms. The van der Waals surface area contributed by atoms with Crippen molar-refractivity contribution in [2.75, 3.05) is 11.1 Å². The maximum absolute atomic E-state index is 12.0. The molecule has 0 aliphatic carbocycles. The number of nitrogens with one attached hydrogen (secondary N) is 1. The van der Waals surface area contributed by atoms with Crippen molar-refractivity contribution < 1.29 is 4.79 Å². The summed E-state index contributed by atoms with van der Waals surface area (Å²) in [6.07, 6.45) is 1.62. The van der Waals surface area contributed by atoms with Crippen molar-refractivity contribution >= 4 is 28.1 Å². The van der Waals surface area contributed by atoms with Gasteiger partial charge in [-0.15, -0.1) is 21.5 Å². The molecule has 0 aliphatic rings. The van der Waals surface area contributed by atoms with E-state index in [1.165, 1.54) is 11.3 Å². The number of nitrogens with zero attached hydrogens (tertiary/aromatic N) is 4. The number of carbonyl (C=O) groups is 1. The number of thiazole rings is 1. The predicted octanol–water partition coefficient (Wildman–Crippen LogP) is 1.77. The van der Waals surface area contributed by atoms with E-state index in [9.17, 15) is 4.79 Å². The summed E-state index contributed by atoms with van der Waals surface area (Å²) in [4.78, 5) is 16.0. The van der Waals surface area contributed by atoms with Crippen LogP contribution in [0.5, 0.6) is 0 Å². The molecule has 0 saturated carbocycles. The Balaban J connectivity index is 1.84. The first-order valence-electron chi connectivity index (χ1n) is 6.10. The van der Waals surface area contributed by atoms with Gasteiger partial charge in [-0.25, -0.2) is 4.98 Å². The van der Waals surface area contributed by atoms with Crippen molar-refractivity contribution in [3.8, 4) is 11.4 Å². The molecule has 7 nitrogen and oxygen atoms in total. The zero-order chi connectivity index (χ0) is 14.8. The van der Waals surface area contributed by atoms with E-state index in [0.717, 1.165) is 11.4 Å². The third-order valence-electron chi connectivity index (χ3n) is 2.84. The van der Waals surface area contributed by atoms with E-state index >= 15 is 0 Å². The number of rotatable bonds is 3. The maximum atomic E-state index is 12.0. The highest BCUT2D eigenvalue weighted by atomic mass is 32.1. The summed E-state index contributed by atoms with van der Waals surface area (Å²) in [6.45, 7) is 0. The minimum atomic E-state index is -0.293. The molecular weight excluding hydrogens is 288 g/mol. The van der Waals surface area contributed by atoms with Crippen molar-refractivity contribution in [2.24, 2.45) is 7.05 Å². The van der Waals surface area contributed by atoms with Crippen LogP contribution in [0.1, 0.15) is 10.5 Å². The van der Waals surface area contributed by atoms with E-state index in [1.807, 2.05) is 29.8 Å². The van der Waals surface area contributed by atoms with Gasteiger partial charge in [0, 0.05) is 23.7 Å². The van der Waals surface area contributed by atoms with Gasteiger partial charge in [-0.3, -0.25) is 4.79 Å². The second kappa shape index (κ2) is 5.33. The number of nitrogens with two attached hydrogens (primary N) is 1. The van der Waals surface area contributed by atoms with Gasteiger partial charge in [-0.05, 0) is 12.1 Å². The topological polar surface area (TPSA) is 98.7 Å². The Bertz CT molecular complexity index is 793. The largest absolute Gasteiger partial charge is 0.375 e. The first kappa shape index (κ1) is 13.3. The second-order valence-electron chi connectivity index (χ2n) is 4.37. The molecule has 0 radical (unpaired) electrons. The Kier molecular flexibility index (Phi) is 3.36. The predicted molar refractivity (Wildman–Crippen MR) is 80.9 cm³/mol. The Hall–Kier alpha value is -2.74. The number of hydrogen-bond acceptors (Lipinski definition) is 6. The van der Waals surface area contributed by atoms with E-state index in [4.69, 9.17) is 5.73 Å². The lowest BCUT2D eigenvalue weighted by Crippen LogP contribution is -2.12. The average molecular weight is 300 g/mol. The zero-order valence-corrected chi connectivity index (χ0v) is 12.0. The molecule has 1 aromatic carbocycles. The molecule has 0 atom stereocenters. The van der Waals surface area contributed by atoms with E-state index < -0.39 is 0 Å². The molecule has 0 spiro atoms. The van der Waals surface area contributed by atoms with Crippen molar-refractivity contribution in [3.05, 3.63) is 41.7 Å². The molecule has 0 unspecified atom stereocenters. The van der Waals surface area contributed by atoms with Crippen LogP contribution in [-0.2, 0) is 7.05 Å². The smallest absolute Gasteiger partial charge is 0.275 e. The van der Waals surface area contributed by atoms with Crippen LogP contribution in [0.4, 0.5) is 10.8 Å². The van der Waals surface area contributed by atoms with Crippen LogP contribution in [0.2, 0.25) is 0 Å². The second-order valence-corrected chi connectivity index (χ2v) is 5.26. The summed E-state index contributed by atoms with van der Waals surface area (Å²) >= 11 is 1.23. The van der Waals surface area contributed by atoms with E-state index in [2.05, 4.69) is 20.5 Å². The molecule has 2 heterocycles. The Morgan fingerprint density at radius 3 is 2.95 bits per heavy atom. The van der Waals surface area contributed by atoms with E-state index in [0.29, 0.717) is 16.5 Å². The number of aryl methyl sites for hydroxylation is 1. The van der Waals surface area contributed by atoms with Gasteiger partial charge in [0.2, 0.25) is 0 Å². The average Bonchev–Trinajstić information content (AvgIpc) is 3.08. The summed E-state index contributed by atoms with van der Waals surface area (Å²) in [6, 6.07) is 7.38.